The molecule has 0 aliphatic carbocycles. The van der Waals surface area contributed by atoms with Crippen molar-refractivity contribution in [3.8, 4) is 0 Å². The molecule has 2 rings (SSSR count). The van der Waals surface area contributed by atoms with Gasteiger partial charge in [0.1, 0.15) is 5.82 Å². The van der Waals surface area contributed by atoms with Gasteiger partial charge in [-0.05, 0) is 30.3 Å². The Morgan fingerprint density at radius 3 is 2.69 bits per heavy atom. The van der Waals surface area contributed by atoms with Crippen molar-refractivity contribution in [3.63, 3.8) is 0 Å². The van der Waals surface area contributed by atoms with Crippen LogP contribution in [0, 0.1) is 0 Å². The summed E-state index contributed by atoms with van der Waals surface area (Å²) in [6, 6.07) is 11.6. The van der Waals surface area contributed by atoms with Crippen LogP contribution in [0.4, 0.5) is 11.5 Å². The molecular formula is C12H10BrClN2. The highest BCUT2D eigenvalue weighted by molar-refractivity contribution is 9.10. The fraction of sp³-hybridized carbons (Fsp3) is 0.0833. The van der Waals surface area contributed by atoms with Crippen LogP contribution in [-0.2, 0) is 0 Å². The number of benzene rings is 1. The van der Waals surface area contributed by atoms with Gasteiger partial charge in [-0.3, -0.25) is 0 Å². The number of rotatable bonds is 2. The summed E-state index contributed by atoms with van der Waals surface area (Å²) in [6.07, 6.45) is 1.76. The average molecular weight is 298 g/mol. The molecule has 0 radical (unpaired) electrons. The molecule has 1 heterocycles. The van der Waals surface area contributed by atoms with Crippen molar-refractivity contribution in [2.24, 2.45) is 0 Å². The maximum absolute atomic E-state index is 6.17. The minimum absolute atomic E-state index is 0.697. The molecule has 2 nitrogen and oxygen atoms in total. The topological polar surface area (TPSA) is 16.1 Å². The minimum Gasteiger partial charge on any atom is -0.328 e. The van der Waals surface area contributed by atoms with E-state index in [1.165, 1.54) is 0 Å². The van der Waals surface area contributed by atoms with Crippen LogP contribution in [0.3, 0.4) is 0 Å². The van der Waals surface area contributed by atoms with Gasteiger partial charge in [-0.1, -0.05) is 33.6 Å². The van der Waals surface area contributed by atoms with E-state index in [1.807, 2.05) is 48.3 Å². The van der Waals surface area contributed by atoms with Gasteiger partial charge in [0.05, 0.1) is 10.7 Å². The lowest BCUT2D eigenvalue weighted by molar-refractivity contribution is 1.13. The SMILES string of the molecule is CN(c1ccccn1)c1ccc(Br)cc1Cl. The lowest BCUT2D eigenvalue weighted by Crippen LogP contribution is -2.11. The highest BCUT2D eigenvalue weighted by atomic mass is 79.9. The number of anilines is 2. The molecule has 82 valence electrons. The van der Waals surface area contributed by atoms with E-state index >= 15 is 0 Å². The Hall–Kier alpha value is -1.06. The number of aromatic nitrogens is 1. The van der Waals surface area contributed by atoms with Gasteiger partial charge in [-0.25, -0.2) is 4.98 Å². The first-order valence-corrected chi connectivity index (χ1v) is 5.95. The summed E-state index contributed by atoms with van der Waals surface area (Å²) in [4.78, 5) is 6.23. The molecule has 0 aliphatic heterocycles. The zero-order chi connectivity index (χ0) is 11.5. The second-order valence-corrected chi connectivity index (χ2v) is 4.67. The normalized spacial score (nSPS) is 10.2. The second-order valence-electron chi connectivity index (χ2n) is 3.34. The van der Waals surface area contributed by atoms with Crippen molar-refractivity contribution >= 4 is 39.0 Å². The highest BCUT2D eigenvalue weighted by Gasteiger charge is 2.08. The average Bonchev–Trinajstić information content (AvgIpc) is 2.29. The molecule has 0 N–H and O–H groups in total. The molecule has 0 bridgehead atoms. The maximum Gasteiger partial charge on any atom is 0.132 e. The van der Waals surface area contributed by atoms with Crippen molar-refractivity contribution in [3.05, 3.63) is 52.1 Å². The van der Waals surface area contributed by atoms with Gasteiger partial charge >= 0.3 is 0 Å². The molecule has 0 unspecified atom stereocenters. The van der Waals surface area contributed by atoms with Crippen LogP contribution in [-0.4, -0.2) is 12.0 Å². The van der Waals surface area contributed by atoms with Gasteiger partial charge in [0.2, 0.25) is 0 Å². The summed E-state index contributed by atoms with van der Waals surface area (Å²) in [6.45, 7) is 0. The Kier molecular flexibility index (Phi) is 3.46. The molecule has 0 spiro atoms. The Morgan fingerprint density at radius 1 is 1.25 bits per heavy atom. The Labute approximate surface area is 108 Å². The van der Waals surface area contributed by atoms with E-state index in [-0.39, 0.29) is 0 Å². The zero-order valence-corrected chi connectivity index (χ0v) is 11.0. The monoisotopic (exact) mass is 296 g/mol. The van der Waals surface area contributed by atoms with Crippen molar-refractivity contribution < 1.29 is 0 Å². The molecule has 4 heteroatoms. The third kappa shape index (κ3) is 2.36. The van der Waals surface area contributed by atoms with E-state index in [2.05, 4.69) is 20.9 Å². The number of halogens is 2. The van der Waals surface area contributed by atoms with Crippen LogP contribution in [0.25, 0.3) is 0 Å². The highest BCUT2D eigenvalue weighted by Crippen LogP contribution is 2.31. The van der Waals surface area contributed by atoms with Crippen molar-refractivity contribution in [2.75, 3.05) is 11.9 Å². The number of hydrogen-bond acceptors (Lipinski definition) is 2. The quantitative estimate of drug-likeness (QED) is 0.823. The number of nitrogens with zero attached hydrogens (tertiary/aromatic N) is 2. The molecule has 0 saturated heterocycles. The molecule has 1 aromatic carbocycles. The summed E-state index contributed by atoms with van der Waals surface area (Å²) in [5.74, 6) is 0.867. The minimum atomic E-state index is 0.697. The van der Waals surface area contributed by atoms with Crippen LogP contribution in [0.1, 0.15) is 0 Å². The van der Waals surface area contributed by atoms with Crippen molar-refractivity contribution in [2.45, 2.75) is 0 Å². The van der Waals surface area contributed by atoms with E-state index in [0.717, 1.165) is 16.0 Å². The predicted octanol–water partition coefficient (Wildman–Crippen LogP) is 4.27. The Bertz CT molecular complexity index is 488. The first-order chi connectivity index (χ1) is 7.68. The Balaban J connectivity index is 2.38. The molecule has 0 atom stereocenters. The summed E-state index contributed by atoms with van der Waals surface area (Å²) in [7, 11) is 1.94. The maximum atomic E-state index is 6.17. The van der Waals surface area contributed by atoms with Crippen LogP contribution in [0.5, 0.6) is 0 Å². The van der Waals surface area contributed by atoms with E-state index in [9.17, 15) is 0 Å². The first kappa shape index (κ1) is 11.4. The Morgan fingerprint density at radius 2 is 2.06 bits per heavy atom. The largest absolute Gasteiger partial charge is 0.328 e. The molecule has 0 fully saturated rings. The van der Waals surface area contributed by atoms with Gasteiger partial charge in [0.25, 0.3) is 0 Å². The molecule has 1 aromatic heterocycles. The predicted molar refractivity (Wildman–Crippen MR) is 71.5 cm³/mol. The van der Waals surface area contributed by atoms with Crippen LogP contribution >= 0.6 is 27.5 Å². The molecule has 2 aromatic rings. The van der Waals surface area contributed by atoms with Gasteiger partial charge in [0, 0.05) is 17.7 Å². The molecular weight excluding hydrogens is 288 g/mol. The van der Waals surface area contributed by atoms with Crippen LogP contribution in [0.15, 0.2) is 47.1 Å². The van der Waals surface area contributed by atoms with E-state index in [4.69, 9.17) is 11.6 Å². The molecule has 0 aliphatic rings. The lowest BCUT2D eigenvalue weighted by atomic mass is 10.3. The molecule has 0 saturated carbocycles. The summed E-state index contributed by atoms with van der Waals surface area (Å²) in [5, 5.41) is 0.697. The van der Waals surface area contributed by atoms with Crippen molar-refractivity contribution in [1.29, 1.82) is 0 Å². The number of hydrogen-bond donors (Lipinski definition) is 0. The third-order valence-electron chi connectivity index (χ3n) is 2.26. The summed E-state index contributed by atoms with van der Waals surface area (Å²) >= 11 is 9.56. The lowest BCUT2D eigenvalue weighted by Gasteiger charge is -2.19. The van der Waals surface area contributed by atoms with Gasteiger partial charge in [-0.15, -0.1) is 0 Å². The second kappa shape index (κ2) is 4.85. The molecule has 16 heavy (non-hydrogen) atoms. The summed E-state index contributed by atoms with van der Waals surface area (Å²) < 4.78 is 0.968. The fourth-order valence-corrected chi connectivity index (χ4v) is 2.23. The van der Waals surface area contributed by atoms with Crippen molar-refractivity contribution in [1.82, 2.24) is 4.98 Å². The molecule has 0 amide bonds. The smallest absolute Gasteiger partial charge is 0.132 e. The van der Waals surface area contributed by atoms with E-state index in [1.54, 1.807) is 6.20 Å². The summed E-state index contributed by atoms with van der Waals surface area (Å²) in [5.41, 5.74) is 0.934. The van der Waals surface area contributed by atoms with E-state index in [0.29, 0.717) is 5.02 Å². The third-order valence-corrected chi connectivity index (χ3v) is 3.06. The zero-order valence-electron chi connectivity index (χ0n) is 8.69. The van der Waals surface area contributed by atoms with Gasteiger partial charge in [-0.2, -0.15) is 0 Å². The number of pyridine rings is 1. The van der Waals surface area contributed by atoms with Gasteiger partial charge < -0.3 is 4.90 Å². The van der Waals surface area contributed by atoms with E-state index < -0.39 is 0 Å². The van der Waals surface area contributed by atoms with Gasteiger partial charge in [0.15, 0.2) is 0 Å². The van der Waals surface area contributed by atoms with Crippen LogP contribution < -0.4 is 4.90 Å². The first-order valence-electron chi connectivity index (χ1n) is 4.78. The standard InChI is InChI=1S/C12H10BrClN2/c1-16(12-4-2-3-7-15-12)11-6-5-9(13)8-10(11)14/h2-8H,1H3. The van der Waals surface area contributed by atoms with Crippen LogP contribution in [0.2, 0.25) is 5.02 Å². The fourth-order valence-electron chi connectivity index (χ4n) is 1.43.